The zero-order valence-corrected chi connectivity index (χ0v) is 49.7. The summed E-state index contributed by atoms with van der Waals surface area (Å²) in [5.41, 5.74) is 30.1. The minimum Gasteiger partial charge on any atom is -0.313 e. The molecule has 4 aliphatic rings. The molecule has 84 heavy (non-hydrogen) atoms. The lowest BCUT2D eigenvalue weighted by atomic mass is 9.29. The lowest BCUT2D eigenvalue weighted by molar-refractivity contribution is 0.590. The molecule has 3 aromatic heterocycles. The van der Waals surface area contributed by atoms with E-state index in [0.29, 0.717) is 17.6 Å². The summed E-state index contributed by atoms with van der Waals surface area (Å²) in [6.45, 7) is 25.4. The molecular formula is C76H64B2N6. The number of rotatable bonds is 2. The third-order valence-electron chi connectivity index (χ3n) is 18.8. The van der Waals surface area contributed by atoms with Gasteiger partial charge < -0.3 is 9.47 Å². The van der Waals surface area contributed by atoms with Gasteiger partial charge in [-0.1, -0.05) is 232 Å². The molecule has 0 amide bonds. The van der Waals surface area contributed by atoms with Crippen molar-refractivity contribution in [2.24, 2.45) is 0 Å². The molecule has 0 radical (unpaired) electrons. The molecule has 7 heterocycles. The molecule has 6 nitrogen and oxygen atoms in total. The molecule has 6 bridgehead atoms. The quantitative estimate of drug-likeness (QED) is 0.162. The van der Waals surface area contributed by atoms with Gasteiger partial charge in [0.05, 0.1) is 22.1 Å². The average Bonchev–Trinajstić information content (AvgIpc) is 1.33. The maximum Gasteiger partial charge on any atom is 0.247 e. The van der Waals surface area contributed by atoms with Gasteiger partial charge in [0, 0.05) is 55.4 Å². The normalized spacial score (nSPS) is 13.3. The molecule has 17 rings (SSSR count). The van der Waals surface area contributed by atoms with Crippen LogP contribution in [-0.2, 0) is 10.8 Å². The molecule has 8 heteroatoms. The van der Waals surface area contributed by atoms with E-state index in [2.05, 4.69) is 272 Å². The lowest BCUT2D eigenvalue weighted by Gasteiger charge is -2.45. The molecule has 0 atom stereocenters. The lowest BCUT2D eigenvalue weighted by Crippen LogP contribution is -2.66. The number of hydrogen-bond donors (Lipinski definition) is 0. The van der Waals surface area contributed by atoms with E-state index in [0.717, 1.165) is 60.6 Å². The fourth-order valence-electron chi connectivity index (χ4n) is 15.1. The summed E-state index contributed by atoms with van der Waals surface area (Å²) in [4.78, 5) is 19.1. The second-order valence-corrected chi connectivity index (χ2v) is 26.4. The highest BCUT2D eigenvalue weighted by Gasteiger charge is 2.46. The molecule has 0 aliphatic carbocycles. The van der Waals surface area contributed by atoms with Crippen molar-refractivity contribution < 1.29 is 0 Å². The Bertz CT molecular complexity index is 4970. The summed E-state index contributed by atoms with van der Waals surface area (Å²) in [5, 5.41) is 4.61. The summed E-state index contributed by atoms with van der Waals surface area (Å²) < 4.78 is 4.93. The predicted octanol–water partition coefficient (Wildman–Crippen LogP) is 14.6. The predicted molar refractivity (Wildman–Crippen MR) is 356 cm³/mol. The molecule has 10 aromatic carbocycles. The van der Waals surface area contributed by atoms with E-state index in [1.807, 2.05) is 6.07 Å². The minimum absolute atomic E-state index is 0.0935. The first-order valence-electron chi connectivity index (χ1n) is 29.8. The van der Waals surface area contributed by atoms with Crippen LogP contribution in [0.1, 0.15) is 80.5 Å². The summed E-state index contributed by atoms with van der Waals surface area (Å²) >= 11 is 0. The Morgan fingerprint density at radius 1 is 0.381 bits per heavy atom. The molecule has 0 fully saturated rings. The van der Waals surface area contributed by atoms with Crippen LogP contribution in [0.4, 0.5) is 17.1 Å². The van der Waals surface area contributed by atoms with Crippen molar-refractivity contribution in [1.82, 2.24) is 24.1 Å². The summed E-state index contributed by atoms with van der Waals surface area (Å²) in [7, 11) is 0. The molecule has 0 unspecified atom stereocenters. The van der Waals surface area contributed by atoms with Crippen LogP contribution in [0, 0.1) is 34.6 Å². The number of hydrogen-bond acceptors (Lipinski definition) is 4. The maximum atomic E-state index is 5.57. The first-order valence-corrected chi connectivity index (χ1v) is 29.8. The second kappa shape index (κ2) is 17.9. The number of para-hydroxylation sites is 2. The third-order valence-corrected chi connectivity index (χ3v) is 18.8. The molecule has 0 saturated carbocycles. The molecule has 0 spiro atoms. The monoisotopic (exact) mass is 1080 g/mol. The zero-order valence-electron chi connectivity index (χ0n) is 49.7. The van der Waals surface area contributed by atoms with Crippen LogP contribution in [-0.4, -0.2) is 37.5 Å². The number of benzene rings is 10. The first kappa shape index (κ1) is 50.5. The Balaban J connectivity index is 1.16. The number of fused-ring (bicyclic) bond motifs is 10. The summed E-state index contributed by atoms with van der Waals surface area (Å²) in [6, 6.07) is 71.6. The van der Waals surface area contributed by atoms with Crippen molar-refractivity contribution in [3.05, 3.63) is 227 Å². The van der Waals surface area contributed by atoms with Gasteiger partial charge in [0.1, 0.15) is 0 Å². The zero-order chi connectivity index (χ0) is 57.4. The van der Waals surface area contributed by atoms with Crippen molar-refractivity contribution >= 4 is 107 Å². The van der Waals surface area contributed by atoms with E-state index in [4.69, 9.17) is 15.0 Å². The summed E-state index contributed by atoms with van der Waals surface area (Å²) in [6.07, 6.45) is 0. The Labute approximate surface area is 492 Å². The highest BCUT2D eigenvalue weighted by atomic mass is 15.2. The molecule has 4 aliphatic heterocycles. The fraction of sp³-hybridized carbons (Fsp3) is 0.171. The molecule has 0 N–H and O–H groups in total. The van der Waals surface area contributed by atoms with Crippen molar-refractivity contribution in [1.29, 1.82) is 0 Å². The Kier molecular flexibility index (Phi) is 10.7. The largest absolute Gasteiger partial charge is 0.313 e. The average molecular weight is 1080 g/mol. The molecular weight excluding hydrogens is 1020 g/mol. The maximum absolute atomic E-state index is 5.57. The van der Waals surface area contributed by atoms with Gasteiger partial charge in [0.25, 0.3) is 0 Å². The Morgan fingerprint density at radius 3 is 1.40 bits per heavy atom. The van der Waals surface area contributed by atoms with Gasteiger partial charge in [-0.3, -0.25) is 4.57 Å². The molecule has 13 aromatic rings. The van der Waals surface area contributed by atoms with Gasteiger partial charge in [0.15, 0.2) is 11.6 Å². The Hall–Kier alpha value is -9.26. The van der Waals surface area contributed by atoms with Crippen LogP contribution in [0.2, 0.25) is 0 Å². The van der Waals surface area contributed by atoms with Gasteiger partial charge in [-0.15, -0.1) is 0 Å². The molecule has 404 valence electrons. The third kappa shape index (κ3) is 7.35. The van der Waals surface area contributed by atoms with E-state index < -0.39 is 0 Å². The van der Waals surface area contributed by atoms with E-state index >= 15 is 0 Å². The van der Waals surface area contributed by atoms with Crippen LogP contribution in [0.15, 0.2) is 188 Å². The van der Waals surface area contributed by atoms with Gasteiger partial charge >= 0.3 is 0 Å². The van der Waals surface area contributed by atoms with Gasteiger partial charge in [-0.25, -0.2) is 4.98 Å². The van der Waals surface area contributed by atoms with Crippen molar-refractivity contribution in [2.75, 3.05) is 4.90 Å². The van der Waals surface area contributed by atoms with E-state index in [-0.39, 0.29) is 24.3 Å². The van der Waals surface area contributed by atoms with Crippen molar-refractivity contribution in [3.8, 4) is 45.5 Å². The van der Waals surface area contributed by atoms with Crippen molar-refractivity contribution in [3.63, 3.8) is 0 Å². The minimum atomic E-state index is -0.176. The molecule has 0 saturated heterocycles. The van der Waals surface area contributed by atoms with E-state index in [9.17, 15) is 0 Å². The Morgan fingerprint density at radius 2 is 0.845 bits per heavy atom. The van der Waals surface area contributed by atoms with Gasteiger partial charge in [0.2, 0.25) is 19.4 Å². The summed E-state index contributed by atoms with van der Waals surface area (Å²) in [5.74, 6) is 1.80. The van der Waals surface area contributed by atoms with Gasteiger partial charge in [-0.05, 0) is 126 Å². The van der Waals surface area contributed by atoms with Crippen LogP contribution >= 0.6 is 0 Å². The number of anilines is 3. The standard InChI is InChI=1S/C76H64B2N6/c1-43-35-45(3)67(46(4)36-43)77-59-39-51(75(6,7)8)29-33-65(59)83-66-34-30-52(76(9,10)11)40-60(66)78-62-42-53(41-61(77)71(62)83)82-63-23-17-15-21-54(63)56-31-32-57-55-22-16-18-24-64(55)84(70(57)69(56)82)74-80-72(49-19-13-12-14-20-49)79-73(81-74)50-27-25-48(26-28-50)58-38-44(2)37-47(5)68(58)78/h12-42H,1-11H3. The van der Waals surface area contributed by atoms with Crippen LogP contribution in [0.25, 0.3) is 89.2 Å². The van der Waals surface area contributed by atoms with Crippen LogP contribution in [0.5, 0.6) is 0 Å². The highest BCUT2D eigenvalue weighted by Crippen LogP contribution is 2.45. The SMILES string of the molecule is Cc1cc(C)c(B2c3cc(C(C)(C)C)ccc3N3c4ccc(C(C)(C)C)cc4B4c5cc(cc2c53)-n2c3ccccc3c3ccc5c6ccccc6n(c5c32)-c2nc(-c3ccccc3)nc(n2)-c2ccc(cc2)-c2cc(C)cc(C)c24)c(C)c1. The smallest absolute Gasteiger partial charge is 0.247 e. The van der Waals surface area contributed by atoms with Crippen LogP contribution < -0.4 is 37.7 Å². The van der Waals surface area contributed by atoms with Crippen LogP contribution in [0.3, 0.4) is 0 Å². The van der Waals surface area contributed by atoms with Gasteiger partial charge in [-0.2, -0.15) is 9.97 Å². The van der Waals surface area contributed by atoms with Crippen molar-refractivity contribution in [2.45, 2.75) is 87.0 Å². The second-order valence-electron chi connectivity index (χ2n) is 26.4. The number of aromatic nitrogens is 5. The fourth-order valence-corrected chi connectivity index (χ4v) is 15.1. The number of aryl methyl sites for hydroxylation is 5. The topological polar surface area (TPSA) is 51.8 Å². The highest BCUT2D eigenvalue weighted by molar-refractivity contribution is 7.03. The van der Waals surface area contributed by atoms with E-state index in [1.165, 1.54) is 99.7 Å². The van der Waals surface area contributed by atoms with E-state index in [1.54, 1.807) is 0 Å². The number of nitrogens with zero attached hydrogens (tertiary/aromatic N) is 6. The first-order chi connectivity index (χ1) is 40.5.